The number of nitrogens with one attached hydrogen (secondary N) is 1. The Morgan fingerprint density at radius 2 is 1.88 bits per heavy atom. The summed E-state index contributed by atoms with van der Waals surface area (Å²) in [5.41, 5.74) is 1.01. The highest BCUT2D eigenvalue weighted by molar-refractivity contribution is 5.81. The van der Waals surface area contributed by atoms with Crippen LogP contribution in [0.25, 0.3) is 0 Å². The molecule has 0 radical (unpaired) electrons. The molecule has 2 rings (SSSR count). The summed E-state index contributed by atoms with van der Waals surface area (Å²) in [5.74, 6) is 2.04. The topological polar surface area (TPSA) is 56.8 Å². The maximum atomic E-state index is 12.3. The minimum atomic E-state index is -0.516. The number of amides is 1. The van der Waals surface area contributed by atoms with Crippen LogP contribution in [0.15, 0.2) is 48.5 Å². The first kappa shape index (κ1) is 18.6. The van der Waals surface area contributed by atoms with Crippen LogP contribution in [0.1, 0.15) is 18.9 Å². The molecule has 0 aromatic heterocycles. The summed E-state index contributed by atoms with van der Waals surface area (Å²) in [5, 5.41) is 2.85. The van der Waals surface area contributed by atoms with Crippen LogP contribution in [0.3, 0.4) is 0 Å². The number of hydrogen-bond acceptors (Lipinski definition) is 4. The second-order valence-corrected chi connectivity index (χ2v) is 5.60. The predicted molar refractivity (Wildman–Crippen MR) is 97.4 cm³/mol. The second kappa shape index (κ2) is 9.57. The van der Waals surface area contributed by atoms with Crippen LogP contribution in [0.2, 0.25) is 0 Å². The van der Waals surface area contributed by atoms with E-state index < -0.39 is 6.10 Å². The molecule has 0 aliphatic carbocycles. The summed E-state index contributed by atoms with van der Waals surface area (Å²) < 4.78 is 16.6. The lowest BCUT2D eigenvalue weighted by molar-refractivity contribution is -0.128. The number of benzene rings is 2. The van der Waals surface area contributed by atoms with Gasteiger partial charge in [0.2, 0.25) is 0 Å². The molecule has 2 aromatic carbocycles. The molecule has 1 atom stereocenters. The lowest BCUT2D eigenvalue weighted by atomic mass is 10.2. The first-order valence-electron chi connectivity index (χ1n) is 8.41. The summed E-state index contributed by atoms with van der Waals surface area (Å²) in [4.78, 5) is 12.3. The van der Waals surface area contributed by atoms with Gasteiger partial charge in [-0.15, -0.1) is 0 Å². The van der Waals surface area contributed by atoms with Crippen molar-refractivity contribution in [3.63, 3.8) is 0 Å². The molecule has 0 saturated heterocycles. The van der Waals surface area contributed by atoms with Gasteiger partial charge in [0.25, 0.3) is 5.91 Å². The number of carbonyl (C=O) groups excluding carboxylic acids is 1. The maximum Gasteiger partial charge on any atom is 0.261 e. The predicted octanol–water partition coefficient (Wildman–Crippen LogP) is 3.36. The molecule has 25 heavy (non-hydrogen) atoms. The Hall–Kier alpha value is -2.69. The highest BCUT2D eigenvalue weighted by atomic mass is 16.5. The third-order valence-corrected chi connectivity index (χ3v) is 3.74. The van der Waals surface area contributed by atoms with Gasteiger partial charge in [-0.25, -0.2) is 0 Å². The van der Waals surface area contributed by atoms with Gasteiger partial charge in [-0.2, -0.15) is 0 Å². The molecule has 1 amide bonds. The van der Waals surface area contributed by atoms with Gasteiger partial charge >= 0.3 is 0 Å². The van der Waals surface area contributed by atoms with Crippen molar-refractivity contribution in [2.24, 2.45) is 0 Å². The van der Waals surface area contributed by atoms with E-state index in [0.717, 1.165) is 17.1 Å². The van der Waals surface area contributed by atoms with Crippen LogP contribution in [-0.4, -0.2) is 32.3 Å². The number of aryl methyl sites for hydroxylation is 1. The van der Waals surface area contributed by atoms with E-state index in [0.29, 0.717) is 25.3 Å². The summed E-state index contributed by atoms with van der Waals surface area (Å²) in [7, 11) is 1.61. The molecule has 0 fully saturated rings. The molecule has 5 heteroatoms. The maximum absolute atomic E-state index is 12.3. The number of methoxy groups -OCH3 is 1. The Bertz CT molecular complexity index is 687. The summed E-state index contributed by atoms with van der Waals surface area (Å²) in [6, 6.07) is 15.0. The van der Waals surface area contributed by atoms with E-state index in [-0.39, 0.29) is 5.91 Å². The van der Waals surface area contributed by atoms with Crippen LogP contribution < -0.4 is 19.5 Å². The van der Waals surface area contributed by atoms with Gasteiger partial charge in [0, 0.05) is 6.07 Å². The van der Waals surface area contributed by atoms with Crippen molar-refractivity contribution < 1.29 is 19.0 Å². The molecule has 5 nitrogen and oxygen atoms in total. The zero-order chi connectivity index (χ0) is 18.1. The molecule has 0 bridgehead atoms. The van der Waals surface area contributed by atoms with E-state index in [9.17, 15) is 4.79 Å². The summed E-state index contributed by atoms with van der Waals surface area (Å²) >= 11 is 0. The second-order valence-electron chi connectivity index (χ2n) is 5.60. The number of para-hydroxylation sites is 1. The first-order chi connectivity index (χ1) is 12.1. The van der Waals surface area contributed by atoms with E-state index in [4.69, 9.17) is 14.2 Å². The largest absolute Gasteiger partial charge is 0.497 e. The van der Waals surface area contributed by atoms with E-state index in [1.807, 2.05) is 56.3 Å². The smallest absolute Gasteiger partial charge is 0.261 e. The Morgan fingerprint density at radius 3 is 2.60 bits per heavy atom. The molecular weight excluding hydrogens is 318 g/mol. The first-order valence-corrected chi connectivity index (χ1v) is 8.41. The van der Waals surface area contributed by atoms with Crippen molar-refractivity contribution in [1.82, 2.24) is 5.32 Å². The van der Waals surface area contributed by atoms with Crippen LogP contribution in [0.4, 0.5) is 0 Å². The van der Waals surface area contributed by atoms with Gasteiger partial charge in [-0.3, -0.25) is 4.79 Å². The monoisotopic (exact) mass is 343 g/mol. The van der Waals surface area contributed by atoms with Gasteiger partial charge in [0.15, 0.2) is 6.10 Å². The number of carbonyl (C=O) groups is 1. The average molecular weight is 343 g/mol. The van der Waals surface area contributed by atoms with Crippen LogP contribution in [-0.2, 0) is 4.79 Å². The van der Waals surface area contributed by atoms with Gasteiger partial charge < -0.3 is 19.5 Å². The minimum absolute atomic E-state index is 0.139. The summed E-state index contributed by atoms with van der Waals surface area (Å²) in [6.45, 7) is 4.67. The summed E-state index contributed by atoms with van der Waals surface area (Å²) in [6.07, 6.45) is 0.0783. The molecule has 0 aliphatic rings. The van der Waals surface area contributed by atoms with Gasteiger partial charge in [0.1, 0.15) is 23.9 Å². The fourth-order valence-corrected chi connectivity index (χ4v) is 2.31. The zero-order valence-corrected chi connectivity index (χ0v) is 15.0. The SMILES string of the molecule is CC[C@H](Oc1ccccc1C)C(=O)NCCOc1cccc(OC)c1. The van der Waals surface area contributed by atoms with Crippen molar-refractivity contribution in [3.05, 3.63) is 54.1 Å². The zero-order valence-electron chi connectivity index (χ0n) is 15.0. The van der Waals surface area contributed by atoms with E-state index in [1.165, 1.54) is 0 Å². The molecule has 0 unspecified atom stereocenters. The fourth-order valence-electron chi connectivity index (χ4n) is 2.31. The lowest BCUT2D eigenvalue weighted by Gasteiger charge is -2.18. The minimum Gasteiger partial charge on any atom is -0.497 e. The third kappa shape index (κ3) is 5.71. The van der Waals surface area contributed by atoms with E-state index in [2.05, 4.69) is 5.32 Å². The lowest BCUT2D eigenvalue weighted by Crippen LogP contribution is -2.39. The van der Waals surface area contributed by atoms with Gasteiger partial charge in [-0.1, -0.05) is 31.2 Å². The molecule has 0 saturated carbocycles. The number of hydrogen-bond donors (Lipinski definition) is 1. The molecule has 0 aliphatic heterocycles. The number of ether oxygens (including phenoxy) is 3. The van der Waals surface area contributed by atoms with Crippen molar-refractivity contribution in [3.8, 4) is 17.2 Å². The highest BCUT2D eigenvalue weighted by Gasteiger charge is 2.18. The Balaban J connectivity index is 1.79. The average Bonchev–Trinajstić information content (AvgIpc) is 2.64. The molecule has 134 valence electrons. The molecule has 0 spiro atoms. The standard InChI is InChI=1S/C20H25NO4/c1-4-18(25-19-11-6-5-8-15(19)2)20(22)21-12-13-24-17-10-7-9-16(14-17)23-3/h5-11,14,18H,4,12-13H2,1-3H3,(H,21,22)/t18-/m0/s1. The van der Waals surface area contributed by atoms with E-state index >= 15 is 0 Å². The van der Waals surface area contributed by atoms with Crippen molar-refractivity contribution in [2.45, 2.75) is 26.4 Å². The Labute approximate surface area is 148 Å². The normalized spacial score (nSPS) is 11.5. The quantitative estimate of drug-likeness (QED) is 0.710. The molecule has 2 aromatic rings. The fraction of sp³-hybridized carbons (Fsp3) is 0.350. The van der Waals surface area contributed by atoms with Crippen LogP contribution >= 0.6 is 0 Å². The molecule has 1 N–H and O–H groups in total. The van der Waals surface area contributed by atoms with Crippen LogP contribution in [0, 0.1) is 6.92 Å². The highest BCUT2D eigenvalue weighted by Crippen LogP contribution is 2.19. The van der Waals surface area contributed by atoms with E-state index in [1.54, 1.807) is 13.2 Å². The van der Waals surface area contributed by atoms with Crippen molar-refractivity contribution >= 4 is 5.91 Å². The third-order valence-electron chi connectivity index (χ3n) is 3.74. The van der Waals surface area contributed by atoms with Crippen molar-refractivity contribution in [1.29, 1.82) is 0 Å². The Kier molecular flexibility index (Phi) is 7.14. The Morgan fingerprint density at radius 1 is 1.12 bits per heavy atom. The number of rotatable bonds is 9. The molecule has 0 heterocycles. The molecular formula is C20H25NO4. The van der Waals surface area contributed by atoms with Crippen LogP contribution in [0.5, 0.6) is 17.2 Å². The van der Waals surface area contributed by atoms with Gasteiger partial charge in [-0.05, 0) is 37.1 Å². The van der Waals surface area contributed by atoms with Gasteiger partial charge in [0.05, 0.1) is 13.7 Å². The van der Waals surface area contributed by atoms with Crippen molar-refractivity contribution in [2.75, 3.05) is 20.3 Å².